The lowest BCUT2D eigenvalue weighted by Gasteiger charge is -2.22. The van der Waals surface area contributed by atoms with E-state index in [0.717, 1.165) is 31.4 Å². The number of aryl methyl sites for hydroxylation is 1. The monoisotopic (exact) mass is 371 g/mol. The average Bonchev–Trinajstić information content (AvgIpc) is 3.30. The number of amides is 1. The van der Waals surface area contributed by atoms with Crippen molar-refractivity contribution < 1.29 is 9.18 Å². The highest BCUT2D eigenvalue weighted by molar-refractivity contribution is 5.91. The summed E-state index contributed by atoms with van der Waals surface area (Å²) in [5, 5.41) is 14.2. The number of hydrogen-bond donors (Lipinski definition) is 2. The number of fused-ring (bicyclic) bond motifs is 1. The molecule has 1 aromatic carbocycles. The van der Waals surface area contributed by atoms with E-state index in [1.807, 2.05) is 17.7 Å². The summed E-state index contributed by atoms with van der Waals surface area (Å²) in [6.07, 6.45) is 4.16. The van der Waals surface area contributed by atoms with Crippen molar-refractivity contribution in [2.24, 2.45) is 7.05 Å². The van der Waals surface area contributed by atoms with Gasteiger partial charge in [0.25, 0.3) is 5.91 Å². The molecular formula is C18H22FN7O. The smallest absolute Gasteiger partial charge is 0.273 e. The highest BCUT2D eigenvalue weighted by Gasteiger charge is 2.19. The van der Waals surface area contributed by atoms with Crippen molar-refractivity contribution in [2.75, 3.05) is 19.6 Å². The van der Waals surface area contributed by atoms with E-state index < -0.39 is 0 Å². The molecule has 4 rings (SSSR count). The molecule has 1 aliphatic heterocycles. The summed E-state index contributed by atoms with van der Waals surface area (Å²) < 4.78 is 17.5. The van der Waals surface area contributed by atoms with Crippen LogP contribution in [-0.2, 0) is 13.5 Å². The fourth-order valence-electron chi connectivity index (χ4n) is 3.46. The molecule has 3 aromatic rings. The van der Waals surface area contributed by atoms with Crippen LogP contribution in [0, 0.1) is 5.82 Å². The van der Waals surface area contributed by atoms with Crippen LogP contribution in [0.3, 0.4) is 0 Å². The summed E-state index contributed by atoms with van der Waals surface area (Å²) in [7, 11) is 1.84. The van der Waals surface area contributed by atoms with Crippen molar-refractivity contribution in [1.29, 1.82) is 0 Å². The Balaban J connectivity index is 1.37. The van der Waals surface area contributed by atoms with E-state index in [1.54, 1.807) is 16.9 Å². The third kappa shape index (κ3) is 3.55. The molecule has 1 saturated heterocycles. The molecule has 142 valence electrons. The highest BCUT2D eigenvalue weighted by Crippen LogP contribution is 2.18. The predicted octanol–water partition coefficient (Wildman–Crippen LogP) is 1.20. The number of para-hydroxylation sites is 1. The molecule has 0 aliphatic carbocycles. The van der Waals surface area contributed by atoms with Gasteiger partial charge in [-0.1, -0.05) is 11.3 Å². The first-order valence-corrected chi connectivity index (χ1v) is 9.14. The first kappa shape index (κ1) is 17.6. The summed E-state index contributed by atoms with van der Waals surface area (Å²) in [4.78, 5) is 16.7. The van der Waals surface area contributed by atoms with Crippen molar-refractivity contribution in [3.8, 4) is 0 Å². The second-order valence-corrected chi connectivity index (χ2v) is 6.77. The van der Waals surface area contributed by atoms with Crippen LogP contribution in [0.25, 0.3) is 11.0 Å². The van der Waals surface area contributed by atoms with Gasteiger partial charge in [0.15, 0.2) is 11.5 Å². The molecule has 0 radical (unpaired) electrons. The van der Waals surface area contributed by atoms with Crippen LogP contribution in [0.1, 0.15) is 35.2 Å². The zero-order valence-electron chi connectivity index (χ0n) is 15.2. The quantitative estimate of drug-likeness (QED) is 0.703. The van der Waals surface area contributed by atoms with Gasteiger partial charge in [0.2, 0.25) is 0 Å². The largest absolute Gasteiger partial charge is 0.350 e. The topological polar surface area (TPSA) is 89.7 Å². The van der Waals surface area contributed by atoms with E-state index in [-0.39, 0.29) is 17.8 Å². The maximum absolute atomic E-state index is 13.8. The average molecular weight is 371 g/mol. The van der Waals surface area contributed by atoms with Crippen molar-refractivity contribution in [2.45, 2.75) is 25.3 Å². The first-order chi connectivity index (χ1) is 13.1. The fraction of sp³-hybridized carbons (Fsp3) is 0.444. The Hall–Kier alpha value is -2.81. The van der Waals surface area contributed by atoms with Crippen LogP contribution in [-0.4, -0.2) is 50.1 Å². The predicted molar refractivity (Wildman–Crippen MR) is 97.9 cm³/mol. The normalized spacial score (nSPS) is 15.3. The molecular weight excluding hydrogens is 349 g/mol. The standard InChI is InChI=1S/C18H22FN7O/c1-25-15-4-2-3-13(19)17(15)22-16(25)7-10-21-18(27)14-11-26(24-23-14)12-5-8-20-9-6-12/h2-4,11-12,20H,5-10H2,1H3,(H,21,27). The van der Waals surface area contributed by atoms with Crippen LogP contribution in [0.4, 0.5) is 4.39 Å². The zero-order valence-corrected chi connectivity index (χ0v) is 15.2. The second kappa shape index (κ2) is 7.43. The van der Waals surface area contributed by atoms with Crippen molar-refractivity contribution in [1.82, 2.24) is 35.2 Å². The molecule has 1 aliphatic rings. The molecule has 27 heavy (non-hydrogen) atoms. The summed E-state index contributed by atoms with van der Waals surface area (Å²) in [5.41, 5.74) is 1.40. The number of nitrogens with zero attached hydrogens (tertiary/aromatic N) is 5. The SMILES string of the molecule is Cn1c(CCNC(=O)c2cn(C3CCNCC3)nn2)nc2c(F)cccc21. The lowest BCUT2D eigenvalue weighted by atomic mass is 10.1. The molecule has 1 fully saturated rings. The number of carbonyl (C=O) groups excluding carboxylic acids is 1. The van der Waals surface area contributed by atoms with E-state index in [0.29, 0.717) is 30.0 Å². The summed E-state index contributed by atoms with van der Waals surface area (Å²) in [5.74, 6) is 0.113. The van der Waals surface area contributed by atoms with E-state index in [1.165, 1.54) is 6.07 Å². The summed E-state index contributed by atoms with van der Waals surface area (Å²) in [6.45, 7) is 2.28. The molecule has 0 unspecified atom stereocenters. The van der Waals surface area contributed by atoms with Crippen LogP contribution in [0.5, 0.6) is 0 Å². The van der Waals surface area contributed by atoms with Gasteiger partial charge in [0.1, 0.15) is 11.3 Å². The molecule has 2 aromatic heterocycles. The minimum atomic E-state index is -0.340. The molecule has 0 atom stereocenters. The number of benzene rings is 1. The number of piperidine rings is 1. The van der Waals surface area contributed by atoms with Crippen molar-refractivity contribution >= 4 is 16.9 Å². The molecule has 0 saturated carbocycles. The molecule has 9 heteroatoms. The van der Waals surface area contributed by atoms with Crippen molar-refractivity contribution in [3.05, 3.63) is 41.7 Å². The molecule has 1 amide bonds. The van der Waals surface area contributed by atoms with Gasteiger partial charge in [-0.3, -0.25) is 4.79 Å². The zero-order chi connectivity index (χ0) is 18.8. The van der Waals surface area contributed by atoms with Crippen LogP contribution in [0.2, 0.25) is 0 Å². The number of carbonyl (C=O) groups is 1. The lowest BCUT2D eigenvalue weighted by Crippen LogP contribution is -2.29. The number of halogens is 1. The number of imidazole rings is 1. The van der Waals surface area contributed by atoms with Crippen LogP contribution in [0.15, 0.2) is 24.4 Å². The van der Waals surface area contributed by atoms with Gasteiger partial charge in [-0.05, 0) is 38.1 Å². The van der Waals surface area contributed by atoms with Gasteiger partial charge in [0, 0.05) is 20.0 Å². The molecule has 8 nitrogen and oxygen atoms in total. The maximum Gasteiger partial charge on any atom is 0.273 e. The van der Waals surface area contributed by atoms with Gasteiger partial charge in [0.05, 0.1) is 17.8 Å². The minimum Gasteiger partial charge on any atom is -0.350 e. The summed E-state index contributed by atoms with van der Waals surface area (Å²) >= 11 is 0. The maximum atomic E-state index is 13.8. The first-order valence-electron chi connectivity index (χ1n) is 9.14. The third-order valence-electron chi connectivity index (χ3n) is 5.01. The van der Waals surface area contributed by atoms with Gasteiger partial charge in [-0.2, -0.15) is 0 Å². The van der Waals surface area contributed by atoms with Crippen molar-refractivity contribution in [3.63, 3.8) is 0 Å². The highest BCUT2D eigenvalue weighted by atomic mass is 19.1. The summed E-state index contributed by atoms with van der Waals surface area (Å²) in [6, 6.07) is 5.17. The van der Waals surface area contributed by atoms with Crippen LogP contribution >= 0.6 is 0 Å². The van der Waals surface area contributed by atoms with Gasteiger partial charge in [-0.15, -0.1) is 5.10 Å². The Morgan fingerprint density at radius 2 is 2.19 bits per heavy atom. The fourth-order valence-corrected chi connectivity index (χ4v) is 3.46. The van der Waals surface area contributed by atoms with Gasteiger partial charge < -0.3 is 15.2 Å². The number of aromatic nitrogens is 5. The Morgan fingerprint density at radius 1 is 1.37 bits per heavy atom. The molecule has 0 bridgehead atoms. The van der Waals surface area contributed by atoms with Crippen LogP contribution < -0.4 is 10.6 Å². The Kier molecular flexibility index (Phi) is 4.85. The van der Waals surface area contributed by atoms with Gasteiger partial charge >= 0.3 is 0 Å². The van der Waals surface area contributed by atoms with E-state index >= 15 is 0 Å². The van der Waals surface area contributed by atoms with E-state index in [9.17, 15) is 9.18 Å². The van der Waals surface area contributed by atoms with E-state index in [2.05, 4.69) is 25.9 Å². The van der Waals surface area contributed by atoms with Gasteiger partial charge in [-0.25, -0.2) is 14.1 Å². The number of rotatable bonds is 5. The molecule has 0 spiro atoms. The number of hydrogen-bond acceptors (Lipinski definition) is 5. The molecule has 2 N–H and O–H groups in total. The molecule has 3 heterocycles. The minimum absolute atomic E-state index is 0.264. The lowest BCUT2D eigenvalue weighted by molar-refractivity contribution is 0.0949. The third-order valence-corrected chi connectivity index (χ3v) is 5.01. The Bertz CT molecular complexity index is 958. The Morgan fingerprint density at radius 3 is 2.96 bits per heavy atom. The Labute approximate surface area is 155 Å². The van der Waals surface area contributed by atoms with E-state index in [4.69, 9.17) is 0 Å². The number of nitrogens with one attached hydrogen (secondary N) is 2. The second-order valence-electron chi connectivity index (χ2n) is 6.77.